The average molecular weight is 137 g/mol. The summed E-state index contributed by atoms with van der Waals surface area (Å²) >= 11 is 0. The van der Waals surface area contributed by atoms with Gasteiger partial charge < -0.3 is 4.90 Å². The van der Waals surface area contributed by atoms with Gasteiger partial charge in [-0.25, -0.2) is 0 Å². The summed E-state index contributed by atoms with van der Waals surface area (Å²) in [4.78, 5) is 12.9. The topological polar surface area (TPSA) is 20.1 Å². The van der Waals surface area contributed by atoms with Crippen molar-refractivity contribution in [1.29, 1.82) is 0 Å². The Bertz CT molecular complexity index is 188. The van der Waals surface area contributed by atoms with Crippen LogP contribution in [0.5, 0.6) is 0 Å². The average Bonchev–Trinajstić information content (AvgIpc) is 2.63. The first kappa shape index (κ1) is 5.96. The maximum atomic E-state index is 11.0. The van der Waals surface area contributed by atoms with Crippen LogP contribution in [0.2, 0.25) is 0 Å². The number of nitrogens with zero attached hydrogens (tertiary/aromatic N) is 1. The second-order valence-electron chi connectivity index (χ2n) is 3.02. The third-order valence-electron chi connectivity index (χ3n) is 2.45. The predicted molar refractivity (Wildman–Crippen MR) is 38.4 cm³/mol. The van der Waals surface area contributed by atoms with Gasteiger partial charge in [0, 0.05) is 12.5 Å². The van der Waals surface area contributed by atoms with Gasteiger partial charge in [0.25, 0.3) is 0 Å². The zero-order valence-corrected chi connectivity index (χ0v) is 5.92. The molecule has 2 rings (SSSR count). The van der Waals surface area contributed by atoms with E-state index in [2.05, 4.69) is 6.58 Å². The lowest BCUT2D eigenvalue weighted by molar-refractivity contribution is -0.113. The summed E-state index contributed by atoms with van der Waals surface area (Å²) < 4.78 is 0. The van der Waals surface area contributed by atoms with Crippen molar-refractivity contribution in [3.05, 3.63) is 12.7 Å². The molecule has 2 atom stereocenters. The van der Waals surface area contributed by atoms with E-state index in [1.165, 1.54) is 0 Å². The smallest absolute Gasteiger partial charge is 0.246 e. The van der Waals surface area contributed by atoms with Gasteiger partial charge in [0.05, 0.1) is 0 Å². The maximum absolute atomic E-state index is 11.0. The molecule has 2 heteroatoms. The summed E-state index contributed by atoms with van der Waals surface area (Å²) in [6, 6.07) is 0.228. The molecule has 0 aromatic heterocycles. The lowest BCUT2D eigenvalue weighted by atomic mass is 9.97. The highest BCUT2D eigenvalue weighted by molar-refractivity contribution is 5.97. The number of carbonyl (C=O) groups is 1. The molecule has 0 unspecified atom stereocenters. The molecule has 0 aromatic rings. The Morgan fingerprint density at radius 1 is 1.70 bits per heavy atom. The van der Waals surface area contributed by atoms with Crippen molar-refractivity contribution in [3.63, 3.8) is 0 Å². The highest BCUT2D eigenvalue weighted by atomic mass is 16.2. The minimum absolute atomic E-state index is 0.228. The summed E-state index contributed by atoms with van der Waals surface area (Å²) in [5, 5.41) is 0. The Hall–Kier alpha value is -0.790. The van der Waals surface area contributed by atoms with Crippen LogP contribution in [0.3, 0.4) is 0 Å². The SMILES string of the molecule is C=C[C@@H]1CCCN2C(=O)[C@@H]12. The summed E-state index contributed by atoms with van der Waals surface area (Å²) in [5.41, 5.74) is 0. The second kappa shape index (κ2) is 1.84. The largest absolute Gasteiger partial charge is 0.328 e. The molecule has 2 aliphatic rings. The Morgan fingerprint density at radius 2 is 2.50 bits per heavy atom. The fourth-order valence-corrected chi connectivity index (χ4v) is 1.80. The van der Waals surface area contributed by atoms with Crippen LogP contribution in [-0.2, 0) is 4.79 Å². The van der Waals surface area contributed by atoms with Crippen LogP contribution in [0.25, 0.3) is 0 Å². The number of fused-ring (bicyclic) bond motifs is 1. The van der Waals surface area contributed by atoms with E-state index >= 15 is 0 Å². The summed E-state index contributed by atoms with van der Waals surface area (Å²) in [6.45, 7) is 4.70. The molecule has 0 aliphatic carbocycles. The van der Waals surface area contributed by atoms with Gasteiger partial charge >= 0.3 is 0 Å². The first-order chi connectivity index (χ1) is 4.84. The predicted octanol–water partition coefficient (Wildman–Crippen LogP) is 0.793. The van der Waals surface area contributed by atoms with E-state index in [1.807, 2.05) is 11.0 Å². The summed E-state index contributed by atoms with van der Waals surface area (Å²) in [6.07, 6.45) is 4.22. The van der Waals surface area contributed by atoms with E-state index in [1.54, 1.807) is 0 Å². The third-order valence-corrected chi connectivity index (χ3v) is 2.45. The van der Waals surface area contributed by atoms with Crippen molar-refractivity contribution >= 4 is 5.91 Å². The van der Waals surface area contributed by atoms with Crippen molar-refractivity contribution < 1.29 is 4.79 Å². The number of rotatable bonds is 1. The van der Waals surface area contributed by atoms with Crippen molar-refractivity contribution in [3.8, 4) is 0 Å². The maximum Gasteiger partial charge on any atom is 0.246 e. The third kappa shape index (κ3) is 0.618. The van der Waals surface area contributed by atoms with Crippen LogP contribution in [0, 0.1) is 5.92 Å². The van der Waals surface area contributed by atoms with E-state index < -0.39 is 0 Å². The Labute approximate surface area is 60.5 Å². The van der Waals surface area contributed by atoms with Crippen LogP contribution >= 0.6 is 0 Å². The standard InChI is InChI=1S/C8H11NO/c1-2-6-4-3-5-9-7(6)8(9)10/h2,6-7H,1,3-5H2/t6-,7-,9?/m1/s1. The normalized spacial score (nSPS) is 37.2. The van der Waals surface area contributed by atoms with Gasteiger partial charge in [0.1, 0.15) is 6.04 Å². The van der Waals surface area contributed by atoms with E-state index in [9.17, 15) is 4.79 Å². The Kier molecular flexibility index (Phi) is 1.10. The second-order valence-corrected chi connectivity index (χ2v) is 3.02. The number of hydrogen-bond acceptors (Lipinski definition) is 1. The molecule has 0 bridgehead atoms. The molecule has 0 aromatic carbocycles. The van der Waals surface area contributed by atoms with E-state index in [0.29, 0.717) is 11.8 Å². The van der Waals surface area contributed by atoms with Gasteiger partial charge in [-0.05, 0) is 12.8 Å². The molecule has 0 spiro atoms. The molecule has 2 nitrogen and oxygen atoms in total. The summed E-state index contributed by atoms with van der Waals surface area (Å²) in [5.74, 6) is 0.781. The molecule has 0 radical (unpaired) electrons. The lowest BCUT2D eigenvalue weighted by Gasteiger charge is -2.16. The molecule has 2 heterocycles. The van der Waals surface area contributed by atoms with Gasteiger partial charge in [-0.15, -0.1) is 6.58 Å². The van der Waals surface area contributed by atoms with Gasteiger partial charge in [0.15, 0.2) is 0 Å². The molecule has 10 heavy (non-hydrogen) atoms. The van der Waals surface area contributed by atoms with Crippen molar-refractivity contribution in [2.24, 2.45) is 5.92 Å². The number of hydrogen-bond donors (Lipinski definition) is 0. The number of carbonyl (C=O) groups excluding carboxylic acids is 1. The molecule has 2 saturated heterocycles. The fourth-order valence-electron chi connectivity index (χ4n) is 1.80. The Morgan fingerprint density at radius 3 is 3.10 bits per heavy atom. The van der Waals surface area contributed by atoms with E-state index in [4.69, 9.17) is 0 Å². The van der Waals surface area contributed by atoms with Crippen molar-refractivity contribution in [2.45, 2.75) is 18.9 Å². The van der Waals surface area contributed by atoms with E-state index in [-0.39, 0.29) is 6.04 Å². The lowest BCUT2D eigenvalue weighted by Crippen LogP contribution is -2.18. The monoisotopic (exact) mass is 137 g/mol. The van der Waals surface area contributed by atoms with Crippen LogP contribution < -0.4 is 0 Å². The molecule has 2 aliphatic heterocycles. The molecule has 0 saturated carbocycles. The number of piperidine rings is 1. The van der Waals surface area contributed by atoms with Gasteiger partial charge in [-0.1, -0.05) is 6.08 Å². The molecular formula is C8H11NO. The zero-order chi connectivity index (χ0) is 7.14. The molecule has 2 fully saturated rings. The fraction of sp³-hybridized carbons (Fsp3) is 0.625. The Balaban J connectivity index is 2.11. The van der Waals surface area contributed by atoms with Gasteiger partial charge in [-0.3, -0.25) is 4.79 Å². The highest BCUT2D eigenvalue weighted by Crippen LogP contribution is 2.35. The molecule has 54 valence electrons. The van der Waals surface area contributed by atoms with E-state index in [0.717, 1.165) is 19.4 Å². The van der Waals surface area contributed by atoms with Crippen LogP contribution in [0.4, 0.5) is 0 Å². The molecule has 0 N–H and O–H groups in total. The zero-order valence-electron chi connectivity index (χ0n) is 5.92. The van der Waals surface area contributed by atoms with Gasteiger partial charge in [-0.2, -0.15) is 0 Å². The highest BCUT2D eigenvalue weighted by Gasteiger charge is 2.51. The quantitative estimate of drug-likeness (QED) is 0.386. The van der Waals surface area contributed by atoms with Crippen LogP contribution in [-0.4, -0.2) is 23.4 Å². The van der Waals surface area contributed by atoms with Crippen molar-refractivity contribution in [2.75, 3.05) is 6.54 Å². The van der Waals surface area contributed by atoms with Gasteiger partial charge in [0.2, 0.25) is 5.91 Å². The first-order valence-electron chi connectivity index (χ1n) is 3.77. The van der Waals surface area contributed by atoms with Crippen LogP contribution in [0.1, 0.15) is 12.8 Å². The minimum Gasteiger partial charge on any atom is -0.328 e. The first-order valence-corrected chi connectivity index (χ1v) is 3.77. The number of amides is 1. The summed E-state index contributed by atoms with van der Waals surface area (Å²) in [7, 11) is 0. The molecular weight excluding hydrogens is 126 g/mol. The minimum atomic E-state index is 0.228. The van der Waals surface area contributed by atoms with Crippen molar-refractivity contribution in [1.82, 2.24) is 4.90 Å². The molecule has 1 amide bonds. The van der Waals surface area contributed by atoms with Crippen LogP contribution in [0.15, 0.2) is 12.7 Å².